The molecule has 0 aliphatic carbocycles. The molecule has 0 aromatic heterocycles. The molecule has 1 heterocycles. The van der Waals surface area contributed by atoms with E-state index in [1.165, 1.54) is 16.7 Å². The quantitative estimate of drug-likeness (QED) is 0.421. The van der Waals surface area contributed by atoms with Crippen LogP contribution in [0.3, 0.4) is 0 Å². The van der Waals surface area contributed by atoms with Crippen LogP contribution < -0.4 is 9.47 Å². The second-order valence-corrected chi connectivity index (χ2v) is 8.74. The third kappa shape index (κ3) is 5.29. The summed E-state index contributed by atoms with van der Waals surface area (Å²) in [4.78, 5) is 5.16. The first-order valence-corrected chi connectivity index (χ1v) is 11.5. The molecule has 1 aliphatic heterocycles. The van der Waals surface area contributed by atoms with Gasteiger partial charge in [-0.05, 0) is 53.4 Å². The number of rotatable bonds is 7. The average Bonchev–Trinajstić information content (AvgIpc) is 2.81. The fourth-order valence-corrected chi connectivity index (χ4v) is 4.78. The van der Waals surface area contributed by atoms with E-state index in [9.17, 15) is 0 Å². The van der Waals surface area contributed by atoms with Crippen LogP contribution >= 0.6 is 15.9 Å². The standard InChI is InChI=1S/C26H29BrN2O2/c1-30-22-12-8-20(9-13-22)18-28-16-5-17-29(19-21-10-14-23(31-2)15-11-21)26(28)24-6-3-4-7-25(24)27/h3-4,6-15,26H,5,16-19H2,1-2H3. The molecule has 4 nitrogen and oxygen atoms in total. The third-order valence-electron chi connectivity index (χ3n) is 5.86. The zero-order valence-electron chi connectivity index (χ0n) is 18.1. The second-order valence-electron chi connectivity index (χ2n) is 7.89. The zero-order chi connectivity index (χ0) is 21.6. The van der Waals surface area contributed by atoms with Gasteiger partial charge in [0.25, 0.3) is 0 Å². The van der Waals surface area contributed by atoms with Crippen LogP contribution in [0.2, 0.25) is 0 Å². The fourth-order valence-electron chi connectivity index (χ4n) is 4.29. The summed E-state index contributed by atoms with van der Waals surface area (Å²) in [6, 6.07) is 25.4. The zero-order valence-corrected chi connectivity index (χ0v) is 19.7. The maximum atomic E-state index is 5.33. The molecule has 1 saturated heterocycles. The lowest BCUT2D eigenvalue weighted by Gasteiger charge is -2.44. The van der Waals surface area contributed by atoms with Crippen molar-refractivity contribution in [2.75, 3.05) is 27.3 Å². The Labute approximate surface area is 193 Å². The molecule has 1 fully saturated rings. The van der Waals surface area contributed by atoms with Crippen LogP contribution in [-0.2, 0) is 13.1 Å². The lowest BCUT2D eigenvalue weighted by Crippen LogP contribution is -2.47. The molecular formula is C26H29BrN2O2. The number of methoxy groups -OCH3 is 2. The largest absolute Gasteiger partial charge is 0.497 e. The number of hydrogen-bond acceptors (Lipinski definition) is 4. The summed E-state index contributed by atoms with van der Waals surface area (Å²) in [5.74, 6) is 1.79. The van der Waals surface area contributed by atoms with Gasteiger partial charge in [0.1, 0.15) is 11.5 Å². The summed E-state index contributed by atoms with van der Waals surface area (Å²) in [5.41, 5.74) is 3.90. The van der Waals surface area contributed by atoms with Gasteiger partial charge >= 0.3 is 0 Å². The summed E-state index contributed by atoms with van der Waals surface area (Å²) < 4.78 is 11.8. The predicted octanol–water partition coefficient (Wildman–Crippen LogP) is 5.87. The Morgan fingerprint density at radius 1 is 0.742 bits per heavy atom. The molecule has 0 N–H and O–H groups in total. The molecule has 0 amide bonds. The molecule has 1 aliphatic rings. The van der Waals surface area contributed by atoms with Crippen molar-refractivity contribution < 1.29 is 9.47 Å². The highest BCUT2D eigenvalue weighted by Crippen LogP contribution is 2.36. The number of ether oxygens (including phenoxy) is 2. The molecule has 0 atom stereocenters. The van der Waals surface area contributed by atoms with Crippen LogP contribution in [0, 0.1) is 0 Å². The molecule has 3 aromatic carbocycles. The Morgan fingerprint density at radius 3 is 1.68 bits per heavy atom. The topological polar surface area (TPSA) is 24.9 Å². The molecule has 0 bridgehead atoms. The molecule has 0 unspecified atom stereocenters. The smallest absolute Gasteiger partial charge is 0.118 e. The highest BCUT2D eigenvalue weighted by atomic mass is 79.9. The highest BCUT2D eigenvalue weighted by Gasteiger charge is 2.31. The lowest BCUT2D eigenvalue weighted by atomic mass is 10.0. The van der Waals surface area contributed by atoms with Crippen molar-refractivity contribution >= 4 is 15.9 Å². The Bertz CT molecular complexity index is 918. The monoisotopic (exact) mass is 480 g/mol. The minimum absolute atomic E-state index is 0.202. The van der Waals surface area contributed by atoms with E-state index in [2.05, 4.69) is 74.3 Å². The average molecular weight is 481 g/mol. The minimum Gasteiger partial charge on any atom is -0.497 e. The predicted molar refractivity (Wildman–Crippen MR) is 128 cm³/mol. The fraction of sp³-hybridized carbons (Fsp3) is 0.308. The van der Waals surface area contributed by atoms with E-state index < -0.39 is 0 Å². The van der Waals surface area contributed by atoms with Gasteiger partial charge in [0.05, 0.1) is 20.4 Å². The number of hydrogen-bond donors (Lipinski definition) is 0. The van der Waals surface area contributed by atoms with Gasteiger partial charge in [-0.1, -0.05) is 58.4 Å². The number of benzene rings is 3. The van der Waals surface area contributed by atoms with E-state index in [1.54, 1.807) is 14.2 Å². The molecular weight excluding hydrogens is 452 g/mol. The Kier molecular flexibility index (Phi) is 7.28. The molecule has 4 rings (SSSR count). The van der Waals surface area contributed by atoms with Crippen LogP contribution in [0.25, 0.3) is 0 Å². The van der Waals surface area contributed by atoms with Crippen molar-refractivity contribution in [2.24, 2.45) is 0 Å². The maximum absolute atomic E-state index is 5.33. The minimum atomic E-state index is 0.202. The lowest BCUT2D eigenvalue weighted by molar-refractivity contribution is -0.00952. The molecule has 31 heavy (non-hydrogen) atoms. The van der Waals surface area contributed by atoms with E-state index in [0.29, 0.717) is 0 Å². The van der Waals surface area contributed by atoms with Gasteiger partial charge in [-0.25, -0.2) is 0 Å². The van der Waals surface area contributed by atoms with E-state index in [-0.39, 0.29) is 6.17 Å². The first-order valence-electron chi connectivity index (χ1n) is 10.7. The first-order chi connectivity index (χ1) is 15.2. The van der Waals surface area contributed by atoms with Crippen LogP contribution in [0.5, 0.6) is 11.5 Å². The Morgan fingerprint density at radius 2 is 1.23 bits per heavy atom. The van der Waals surface area contributed by atoms with Crippen molar-refractivity contribution in [2.45, 2.75) is 25.7 Å². The van der Waals surface area contributed by atoms with Crippen molar-refractivity contribution in [3.63, 3.8) is 0 Å². The first kappa shape index (κ1) is 21.9. The van der Waals surface area contributed by atoms with Gasteiger partial charge in [0, 0.05) is 30.7 Å². The van der Waals surface area contributed by atoms with E-state index in [1.807, 2.05) is 24.3 Å². The molecule has 0 saturated carbocycles. The summed E-state index contributed by atoms with van der Waals surface area (Å²) in [5, 5.41) is 0. The highest BCUT2D eigenvalue weighted by molar-refractivity contribution is 9.10. The summed E-state index contributed by atoms with van der Waals surface area (Å²) in [6.07, 6.45) is 1.35. The van der Waals surface area contributed by atoms with Crippen LogP contribution in [0.4, 0.5) is 0 Å². The molecule has 0 radical (unpaired) electrons. The molecule has 0 spiro atoms. The maximum Gasteiger partial charge on any atom is 0.118 e. The van der Waals surface area contributed by atoms with Gasteiger partial charge in [-0.3, -0.25) is 9.80 Å². The normalized spacial score (nSPS) is 15.7. The van der Waals surface area contributed by atoms with Crippen molar-refractivity contribution in [1.82, 2.24) is 9.80 Å². The van der Waals surface area contributed by atoms with Crippen molar-refractivity contribution in [3.8, 4) is 11.5 Å². The van der Waals surface area contributed by atoms with Crippen molar-refractivity contribution in [3.05, 3.63) is 94.0 Å². The molecule has 3 aromatic rings. The number of nitrogens with zero attached hydrogens (tertiary/aromatic N) is 2. The van der Waals surface area contributed by atoms with E-state index in [0.717, 1.165) is 48.6 Å². The van der Waals surface area contributed by atoms with Gasteiger partial charge in [-0.2, -0.15) is 0 Å². The van der Waals surface area contributed by atoms with Gasteiger partial charge < -0.3 is 9.47 Å². The van der Waals surface area contributed by atoms with Gasteiger partial charge in [-0.15, -0.1) is 0 Å². The third-order valence-corrected chi connectivity index (χ3v) is 6.58. The van der Waals surface area contributed by atoms with Gasteiger partial charge in [0.15, 0.2) is 0 Å². The van der Waals surface area contributed by atoms with Crippen molar-refractivity contribution in [1.29, 1.82) is 0 Å². The summed E-state index contributed by atoms with van der Waals surface area (Å²) >= 11 is 3.81. The van der Waals surface area contributed by atoms with E-state index >= 15 is 0 Å². The summed E-state index contributed by atoms with van der Waals surface area (Å²) in [6.45, 7) is 3.93. The summed E-state index contributed by atoms with van der Waals surface area (Å²) in [7, 11) is 3.42. The second kappa shape index (κ2) is 10.3. The van der Waals surface area contributed by atoms with Gasteiger partial charge in [0.2, 0.25) is 0 Å². The molecule has 162 valence electrons. The van der Waals surface area contributed by atoms with E-state index in [4.69, 9.17) is 9.47 Å². The molecule has 5 heteroatoms. The Hall–Kier alpha value is -2.34. The SMILES string of the molecule is COc1ccc(CN2CCCN(Cc3ccc(OC)cc3)C2c2ccccc2Br)cc1. The van der Waals surface area contributed by atoms with Crippen LogP contribution in [0.1, 0.15) is 29.3 Å². The van der Waals surface area contributed by atoms with Crippen LogP contribution in [-0.4, -0.2) is 37.1 Å². The Balaban J connectivity index is 1.62. The van der Waals surface area contributed by atoms with Crippen LogP contribution in [0.15, 0.2) is 77.3 Å². The number of halogens is 1.